The molecular formula is C30H37FN2O5. The minimum atomic E-state index is -0.464. The van der Waals surface area contributed by atoms with Gasteiger partial charge in [0, 0.05) is 18.5 Å². The first-order valence-electron chi connectivity index (χ1n) is 13.9. The topological polar surface area (TPSA) is 90.7 Å². The number of esters is 1. The van der Waals surface area contributed by atoms with E-state index in [4.69, 9.17) is 13.9 Å². The molecule has 3 fully saturated rings. The van der Waals surface area contributed by atoms with Crippen molar-refractivity contribution in [2.24, 2.45) is 11.8 Å². The second kappa shape index (κ2) is 11.4. The number of amides is 1. The van der Waals surface area contributed by atoms with Crippen molar-refractivity contribution in [1.82, 2.24) is 10.3 Å². The lowest BCUT2D eigenvalue weighted by molar-refractivity contribution is -0.134. The standard InChI is InChI=1S/C30H37FN2O5/c1-3-4-5-6-7-8-15-32-28(35)23-18-37-29(33-23)30-22(27(30)24-12-13-25(30)38-24)17-20-16-21(31)11-9-19(20)10-14-26(34)36-2/h9-11,14,16,18,22,24-25,27H,3-8,12-13,15,17H2,1-2H3,(H,32,35). The molecule has 2 bridgehead atoms. The van der Waals surface area contributed by atoms with Gasteiger partial charge in [0.05, 0.1) is 24.7 Å². The molecule has 2 aliphatic heterocycles. The first-order valence-corrected chi connectivity index (χ1v) is 13.9. The van der Waals surface area contributed by atoms with E-state index >= 15 is 0 Å². The van der Waals surface area contributed by atoms with E-state index in [-0.39, 0.29) is 35.8 Å². The zero-order valence-electron chi connectivity index (χ0n) is 22.2. The monoisotopic (exact) mass is 524 g/mol. The summed E-state index contributed by atoms with van der Waals surface area (Å²) in [5, 5.41) is 2.97. The molecule has 3 heterocycles. The Bertz CT molecular complexity index is 1190. The van der Waals surface area contributed by atoms with Gasteiger partial charge in [-0.15, -0.1) is 0 Å². The molecule has 1 aromatic heterocycles. The molecule has 3 aliphatic rings. The lowest BCUT2D eigenvalue weighted by Crippen LogP contribution is -2.28. The predicted octanol–water partition coefficient (Wildman–Crippen LogP) is 5.38. The van der Waals surface area contributed by atoms with Gasteiger partial charge in [-0.25, -0.2) is 14.2 Å². The van der Waals surface area contributed by atoms with E-state index in [1.165, 1.54) is 57.3 Å². The predicted molar refractivity (Wildman–Crippen MR) is 140 cm³/mol. The average Bonchev–Trinajstić information content (AvgIpc) is 3.35. The highest BCUT2D eigenvalue weighted by molar-refractivity contribution is 5.92. The summed E-state index contributed by atoms with van der Waals surface area (Å²) >= 11 is 0. The second-order valence-corrected chi connectivity index (χ2v) is 10.8. The van der Waals surface area contributed by atoms with Gasteiger partial charge in [0.1, 0.15) is 12.1 Å². The highest BCUT2D eigenvalue weighted by atomic mass is 19.1. The fourth-order valence-corrected chi connectivity index (χ4v) is 6.70. The third-order valence-electron chi connectivity index (χ3n) is 8.54. The number of benzene rings is 1. The fourth-order valence-electron chi connectivity index (χ4n) is 6.70. The average molecular weight is 525 g/mol. The van der Waals surface area contributed by atoms with E-state index in [9.17, 15) is 14.0 Å². The Morgan fingerprint density at radius 3 is 2.84 bits per heavy atom. The summed E-state index contributed by atoms with van der Waals surface area (Å²) in [5.74, 6) is -0.0999. The van der Waals surface area contributed by atoms with Crippen LogP contribution in [0.4, 0.5) is 4.39 Å². The molecule has 5 rings (SSSR count). The van der Waals surface area contributed by atoms with Crippen molar-refractivity contribution >= 4 is 18.0 Å². The van der Waals surface area contributed by atoms with Crippen LogP contribution in [-0.2, 0) is 26.1 Å². The third-order valence-corrected chi connectivity index (χ3v) is 8.54. The molecule has 5 atom stereocenters. The summed E-state index contributed by atoms with van der Waals surface area (Å²) in [6.07, 6.45) is 14.0. The van der Waals surface area contributed by atoms with Crippen LogP contribution >= 0.6 is 0 Å². The van der Waals surface area contributed by atoms with Crippen LogP contribution in [0.3, 0.4) is 0 Å². The maximum atomic E-state index is 14.2. The first-order chi connectivity index (χ1) is 18.5. The largest absolute Gasteiger partial charge is 0.466 e. The summed E-state index contributed by atoms with van der Waals surface area (Å²) in [4.78, 5) is 29.0. The Morgan fingerprint density at radius 1 is 1.21 bits per heavy atom. The van der Waals surface area contributed by atoms with Crippen LogP contribution in [0.1, 0.15) is 85.8 Å². The normalized spacial score (nSPS) is 27.0. The third kappa shape index (κ3) is 5.03. The molecule has 7 nitrogen and oxygen atoms in total. The van der Waals surface area contributed by atoms with E-state index in [1.54, 1.807) is 12.1 Å². The number of hydrogen-bond acceptors (Lipinski definition) is 6. The number of unbranched alkanes of at least 4 members (excludes halogenated alkanes) is 5. The number of carbonyl (C=O) groups is 2. The van der Waals surface area contributed by atoms with Crippen molar-refractivity contribution in [3.8, 4) is 0 Å². The molecule has 1 N–H and O–H groups in total. The Kier molecular flexibility index (Phi) is 7.98. The van der Waals surface area contributed by atoms with Crippen molar-refractivity contribution in [3.63, 3.8) is 0 Å². The van der Waals surface area contributed by atoms with Crippen LogP contribution in [0.2, 0.25) is 0 Å². The van der Waals surface area contributed by atoms with Gasteiger partial charge in [-0.2, -0.15) is 0 Å². The maximum Gasteiger partial charge on any atom is 0.330 e. The molecule has 2 aromatic rings. The molecule has 1 amide bonds. The molecule has 1 saturated carbocycles. The van der Waals surface area contributed by atoms with Crippen molar-refractivity contribution < 1.29 is 27.9 Å². The zero-order chi connectivity index (χ0) is 26.7. The van der Waals surface area contributed by atoms with Gasteiger partial charge in [0.25, 0.3) is 5.91 Å². The number of methoxy groups -OCH3 is 1. The molecule has 5 unspecified atom stereocenters. The number of halogens is 1. The Morgan fingerprint density at radius 2 is 2.03 bits per heavy atom. The molecule has 38 heavy (non-hydrogen) atoms. The van der Waals surface area contributed by atoms with Gasteiger partial charge < -0.3 is 19.2 Å². The molecule has 0 spiro atoms. The Hall–Kier alpha value is -3.00. The number of nitrogens with zero attached hydrogens (tertiary/aromatic N) is 1. The van der Waals surface area contributed by atoms with Crippen LogP contribution in [0.15, 0.2) is 35.0 Å². The van der Waals surface area contributed by atoms with Crippen molar-refractivity contribution in [2.75, 3.05) is 13.7 Å². The van der Waals surface area contributed by atoms with E-state index in [0.29, 0.717) is 24.6 Å². The van der Waals surface area contributed by atoms with Crippen molar-refractivity contribution in [1.29, 1.82) is 0 Å². The van der Waals surface area contributed by atoms with Crippen molar-refractivity contribution in [2.45, 2.75) is 82.3 Å². The molecule has 1 aliphatic carbocycles. The van der Waals surface area contributed by atoms with E-state index < -0.39 is 11.4 Å². The van der Waals surface area contributed by atoms with Gasteiger partial charge in [0.2, 0.25) is 5.89 Å². The minimum Gasteiger partial charge on any atom is -0.466 e. The lowest BCUT2D eigenvalue weighted by atomic mass is 9.86. The van der Waals surface area contributed by atoms with Gasteiger partial charge in [-0.1, -0.05) is 45.1 Å². The summed E-state index contributed by atoms with van der Waals surface area (Å²) in [7, 11) is 1.32. The summed E-state index contributed by atoms with van der Waals surface area (Å²) in [6, 6.07) is 4.59. The number of ether oxygens (including phenoxy) is 2. The minimum absolute atomic E-state index is 0.0252. The second-order valence-electron chi connectivity index (χ2n) is 10.8. The van der Waals surface area contributed by atoms with Crippen LogP contribution in [0.25, 0.3) is 6.08 Å². The number of aromatic nitrogens is 1. The number of oxazole rings is 1. The molecule has 204 valence electrons. The fraction of sp³-hybridized carbons (Fsp3) is 0.567. The Labute approximate surface area is 223 Å². The number of rotatable bonds is 13. The van der Waals surface area contributed by atoms with E-state index in [0.717, 1.165) is 36.8 Å². The van der Waals surface area contributed by atoms with Crippen LogP contribution in [-0.4, -0.2) is 42.7 Å². The van der Waals surface area contributed by atoms with E-state index in [1.807, 2.05) is 0 Å². The quantitative estimate of drug-likeness (QED) is 0.215. The first kappa shape index (κ1) is 26.6. The zero-order valence-corrected chi connectivity index (χ0v) is 22.2. The lowest BCUT2D eigenvalue weighted by Gasteiger charge is -2.19. The Balaban J connectivity index is 1.28. The number of fused-ring (bicyclic) bond motifs is 5. The maximum absolute atomic E-state index is 14.2. The number of hydrogen-bond donors (Lipinski definition) is 1. The number of nitrogens with one attached hydrogen (secondary N) is 1. The summed E-state index contributed by atoms with van der Waals surface area (Å²) in [5.41, 5.74) is 1.47. The summed E-state index contributed by atoms with van der Waals surface area (Å²) in [6.45, 7) is 2.82. The molecular weight excluding hydrogens is 487 g/mol. The molecule has 1 aromatic carbocycles. The van der Waals surface area contributed by atoms with Crippen LogP contribution < -0.4 is 5.32 Å². The summed E-state index contributed by atoms with van der Waals surface area (Å²) < 4.78 is 31.1. The number of carbonyl (C=O) groups excluding carboxylic acids is 2. The van der Waals surface area contributed by atoms with Crippen LogP contribution in [0.5, 0.6) is 0 Å². The van der Waals surface area contributed by atoms with Crippen LogP contribution in [0, 0.1) is 17.7 Å². The molecule has 0 radical (unpaired) electrons. The van der Waals surface area contributed by atoms with Gasteiger partial charge in [0.15, 0.2) is 5.69 Å². The van der Waals surface area contributed by atoms with Gasteiger partial charge in [-0.05, 0) is 60.9 Å². The smallest absolute Gasteiger partial charge is 0.330 e. The van der Waals surface area contributed by atoms with Gasteiger partial charge in [-0.3, -0.25) is 4.79 Å². The SMILES string of the molecule is CCCCCCCCNC(=O)c1coc(C23C4CCC(O4)C2C3Cc2cc(F)ccc2C=CC(=O)OC)n1. The molecule has 8 heteroatoms. The van der Waals surface area contributed by atoms with E-state index in [2.05, 4.69) is 17.2 Å². The van der Waals surface area contributed by atoms with Crippen molar-refractivity contribution in [3.05, 3.63) is 59.1 Å². The van der Waals surface area contributed by atoms with Gasteiger partial charge >= 0.3 is 5.97 Å². The molecule has 2 saturated heterocycles. The highest BCUT2D eigenvalue weighted by Gasteiger charge is 2.80. The highest BCUT2D eigenvalue weighted by Crippen LogP contribution is 2.73.